The number of amides is 4. The van der Waals surface area contributed by atoms with E-state index in [9.17, 15) is 14.4 Å². The van der Waals surface area contributed by atoms with Crippen LogP contribution in [-0.2, 0) is 19.7 Å². The van der Waals surface area contributed by atoms with Gasteiger partial charge in [0.1, 0.15) is 6.54 Å². The van der Waals surface area contributed by atoms with Gasteiger partial charge in [-0.2, -0.15) is 0 Å². The second kappa shape index (κ2) is 7.68. The highest BCUT2D eigenvalue weighted by molar-refractivity contribution is 6.04. The van der Waals surface area contributed by atoms with Gasteiger partial charge in [0.05, 0.1) is 12.1 Å². The molecule has 2 fully saturated rings. The fourth-order valence-corrected chi connectivity index (χ4v) is 4.13. The topological polar surface area (TPSA) is 87.7 Å². The zero-order valence-corrected chi connectivity index (χ0v) is 15.9. The van der Waals surface area contributed by atoms with Crippen LogP contribution in [0.5, 0.6) is 0 Å². The van der Waals surface area contributed by atoms with Crippen molar-refractivity contribution in [1.29, 1.82) is 0 Å². The van der Waals surface area contributed by atoms with E-state index in [4.69, 9.17) is 4.74 Å². The molecule has 7 nitrogen and oxygen atoms in total. The van der Waals surface area contributed by atoms with E-state index < -0.39 is 6.03 Å². The quantitative estimate of drug-likeness (QED) is 0.741. The molecule has 1 atom stereocenters. The molecule has 0 aromatic heterocycles. The molecule has 3 rings (SSSR count). The molecule has 0 radical (unpaired) electrons. The second-order valence-electron chi connectivity index (χ2n) is 7.92. The number of hydrogen-bond donors (Lipinski definition) is 2. The van der Waals surface area contributed by atoms with Crippen molar-refractivity contribution < 1.29 is 19.1 Å². The van der Waals surface area contributed by atoms with Crippen molar-refractivity contribution in [2.75, 3.05) is 26.2 Å². The molecule has 1 aromatic carbocycles. The Hall–Kier alpha value is -2.41. The van der Waals surface area contributed by atoms with Crippen molar-refractivity contribution >= 4 is 17.8 Å². The molecular weight excluding hydrogens is 346 g/mol. The third-order valence-electron chi connectivity index (χ3n) is 5.39. The first-order valence-electron chi connectivity index (χ1n) is 9.36. The lowest BCUT2D eigenvalue weighted by Crippen LogP contribution is -2.46. The Morgan fingerprint density at radius 1 is 1.26 bits per heavy atom. The van der Waals surface area contributed by atoms with E-state index in [1.807, 2.05) is 18.2 Å². The molecule has 0 aliphatic carbocycles. The summed E-state index contributed by atoms with van der Waals surface area (Å²) in [4.78, 5) is 36.3. The normalized spacial score (nSPS) is 24.6. The van der Waals surface area contributed by atoms with Crippen LogP contribution in [0, 0.1) is 0 Å². The SMILES string of the molecule is CC1(C)C[C@](CCNC(=O)CN2C(=O)CNC2=O)(c2ccccc2)CCO1. The third-order valence-corrected chi connectivity index (χ3v) is 5.39. The van der Waals surface area contributed by atoms with E-state index >= 15 is 0 Å². The fraction of sp³-hybridized carbons (Fsp3) is 0.550. The molecule has 2 aliphatic heterocycles. The number of nitrogens with zero attached hydrogens (tertiary/aromatic N) is 1. The van der Waals surface area contributed by atoms with Crippen molar-refractivity contribution in [2.24, 2.45) is 0 Å². The molecule has 2 N–H and O–H groups in total. The summed E-state index contributed by atoms with van der Waals surface area (Å²) in [6.07, 6.45) is 2.53. The molecule has 7 heteroatoms. The molecule has 2 heterocycles. The second-order valence-corrected chi connectivity index (χ2v) is 7.92. The van der Waals surface area contributed by atoms with Gasteiger partial charge in [-0.1, -0.05) is 30.3 Å². The monoisotopic (exact) mass is 373 g/mol. The third kappa shape index (κ3) is 4.47. The van der Waals surface area contributed by atoms with E-state index in [0.717, 1.165) is 24.2 Å². The van der Waals surface area contributed by atoms with Crippen LogP contribution in [0.1, 0.15) is 38.7 Å². The first-order valence-corrected chi connectivity index (χ1v) is 9.36. The first-order chi connectivity index (χ1) is 12.8. The van der Waals surface area contributed by atoms with Crippen LogP contribution < -0.4 is 10.6 Å². The van der Waals surface area contributed by atoms with Gasteiger partial charge >= 0.3 is 6.03 Å². The summed E-state index contributed by atoms with van der Waals surface area (Å²) in [5.41, 5.74) is 0.958. The minimum Gasteiger partial charge on any atom is -0.376 e. The molecule has 146 valence electrons. The summed E-state index contributed by atoms with van der Waals surface area (Å²) < 4.78 is 5.91. The number of ether oxygens (including phenoxy) is 1. The highest BCUT2D eigenvalue weighted by Crippen LogP contribution is 2.43. The Kier molecular flexibility index (Phi) is 5.51. The molecular formula is C20H27N3O4. The minimum atomic E-state index is -0.512. The van der Waals surface area contributed by atoms with Gasteiger partial charge in [0.2, 0.25) is 5.91 Å². The zero-order valence-electron chi connectivity index (χ0n) is 15.9. The van der Waals surface area contributed by atoms with Crippen LogP contribution in [0.4, 0.5) is 4.79 Å². The lowest BCUT2D eigenvalue weighted by Gasteiger charge is -2.45. The van der Waals surface area contributed by atoms with Gasteiger partial charge in [-0.25, -0.2) is 4.79 Å². The van der Waals surface area contributed by atoms with E-state index in [-0.39, 0.29) is 35.9 Å². The van der Waals surface area contributed by atoms with E-state index in [1.54, 1.807) is 0 Å². The lowest BCUT2D eigenvalue weighted by atomic mass is 9.67. The summed E-state index contributed by atoms with van der Waals surface area (Å²) in [5.74, 6) is -0.697. The summed E-state index contributed by atoms with van der Waals surface area (Å²) in [7, 11) is 0. The number of benzene rings is 1. The Bertz CT molecular complexity index is 703. The summed E-state index contributed by atoms with van der Waals surface area (Å²) >= 11 is 0. The van der Waals surface area contributed by atoms with Crippen LogP contribution in [0.15, 0.2) is 30.3 Å². The van der Waals surface area contributed by atoms with E-state index in [0.29, 0.717) is 13.2 Å². The van der Waals surface area contributed by atoms with E-state index in [2.05, 4.69) is 36.6 Å². The van der Waals surface area contributed by atoms with Crippen molar-refractivity contribution in [3.05, 3.63) is 35.9 Å². The number of carbonyl (C=O) groups is 3. The van der Waals surface area contributed by atoms with Crippen LogP contribution in [0.3, 0.4) is 0 Å². The fourth-order valence-electron chi connectivity index (χ4n) is 4.13. The lowest BCUT2D eigenvalue weighted by molar-refractivity contribution is -0.130. The molecule has 0 unspecified atom stereocenters. The maximum atomic E-state index is 12.2. The number of rotatable bonds is 6. The van der Waals surface area contributed by atoms with Gasteiger partial charge in [-0.3, -0.25) is 14.5 Å². The maximum Gasteiger partial charge on any atom is 0.325 e. The van der Waals surface area contributed by atoms with Crippen LogP contribution in [0.2, 0.25) is 0 Å². The predicted molar refractivity (Wildman–Crippen MR) is 100 cm³/mol. The molecule has 27 heavy (non-hydrogen) atoms. The molecule has 2 aliphatic rings. The van der Waals surface area contributed by atoms with Crippen LogP contribution in [-0.4, -0.2) is 54.6 Å². The summed E-state index contributed by atoms with van der Waals surface area (Å²) in [5, 5.41) is 5.28. The highest BCUT2D eigenvalue weighted by atomic mass is 16.5. The van der Waals surface area contributed by atoms with Gasteiger partial charge in [0.15, 0.2) is 0 Å². The van der Waals surface area contributed by atoms with Gasteiger partial charge < -0.3 is 15.4 Å². The Balaban J connectivity index is 1.63. The Labute approximate surface area is 159 Å². The number of imide groups is 1. The maximum absolute atomic E-state index is 12.2. The van der Waals surface area contributed by atoms with Gasteiger partial charge in [-0.15, -0.1) is 0 Å². The minimum absolute atomic E-state index is 0.0433. The number of carbonyl (C=O) groups excluding carboxylic acids is 3. The molecule has 0 bridgehead atoms. The Morgan fingerprint density at radius 2 is 2.00 bits per heavy atom. The standard InChI is InChI=1S/C20H27N3O4/c1-19(2)14-20(9-11-27-19,15-6-4-3-5-7-15)8-10-21-16(24)13-23-17(25)12-22-18(23)26/h3-7H,8-14H2,1-2H3,(H,21,24)(H,22,26)/t20-/m1/s1. The Morgan fingerprint density at radius 3 is 2.63 bits per heavy atom. The van der Waals surface area contributed by atoms with Crippen molar-refractivity contribution in [1.82, 2.24) is 15.5 Å². The van der Waals surface area contributed by atoms with Gasteiger partial charge in [0, 0.05) is 18.6 Å². The van der Waals surface area contributed by atoms with Crippen LogP contribution >= 0.6 is 0 Å². The smallest absolute Gasteiger partial charge is 0.325 e. The van der Waals surface area contributed by atoms with Crippen molar-refractivity contribution in [2.45, 2.75) is 44.1 Å². The zero-order chi connectivity index (χ0) is 19.5. The van der Waals surface area contributed by atoms with E-state index in [1.165, 1.54) is 5.56 Å². The average Bonchev–Trinajstić information content (AvgIpc) is 2.93. The highest BCUT2D eigenvalue weighted by Gasteiger charge is 2.41. The number of urea groups is 1. The molecule has 1 aromatic rings. The predicted octanol–water partition coefficient (Wildman–Crippen LogP) is 1.57. The molecule has 4 amide bonds. The van der Waals surface area contributed by atoms with Crippen LogP contribution in [0.25, 0.3) is 0 Å². The largest absolute Gasteiger partial charge is 0.376 e. The average molecular weight is 373 g/mol. The summed E-state index contributed by atoms with van der Waals surface area (Å²) in [6.45, 7) is 5.07. The summed E-state index contributed by atoms with van der Waals surface area (Å²) in [6, 6.07) is 9.84. The number of hydrogen-bond acceptors (Lipinski definition) is 4. The van der Waals surface area contributed by atoms with Gasteiger partial charge in [-0.05, 0) is 38.7 Å². The van der Waals surface area contributed by atoms with Crippen molar-refractivity contribution in [3.8, 4) is 0 Å². The number of nitrogens with one attached hydrogen (secondary N) is 2. The molecule has 0 spiro atoms. The van der Waals surface area contributed by atoms with Gasteiger partial charge in [0.25, 0.3) is 5.91 Å². The first kappa shape index (κ1) is 19.4. The molecule has 2 saturated heterocycles. The van der Waals surface area contributed by atoms with Crippen molar-refractivity contribution in [3.63, 3.8) is 0 Å². The molecule has 0 saturated carbocycles.